The minimum absolute atomic E-state index is 0.00915. The number of hydrogen-bond acceptors (Lipinski definition) is 2. The summed E-state index contributed by atoms with van der Waals surface area (Å²) in [6, 6.07) is 0.231. The second-order valence-electron chi connectivity index (χ2n) is 9.34. The molecule has 2 heteroatoms. The Bertz CT molecular complexity index is 3190. The van der Waals surface area contributed by atoms with Crippen molar-refractivity contribution >= 4 is 65.2 Å². The average Bonchev–Trinajstić information content (AvgIpc) is 3.80. The summed E-state index contributed by atoms with van der Waals surface area (Å²) in [6.07, 6.45) is 1.55. The second-order valence-corrected chi connectivity index (χ2v) is 9.34. The van der Waals surface area contributed by atoms with Gasteiger partial charge in [-0.2, -0.15) is 0 Å². The number of hydrogen-bond donors (Lipinski definition) is 0. The predicted molar refractivity (Wildman–Crippen MR) is 167 cm³/mol. The van der Waals surface area contributed by atoms with Gasteiger partial charge < -0.3 is 8.83 Å². The highest BCUT2D eigenvalue weighted by Gasteiger charge is 2.19. The quantitative estimate of drug-likeness (QED) is 0.210. The molecule has 9 rings (SSSR count). The summed E-state index contributed by atoms with van der Waals surface area (Å²) in [6.45, 7) is 0. The van der Waals surface area contributed by atoms with Crippen LogP contribution in [0.3, 0.4) is 0 Å². The molecule has 0 aliphatic rings. The van der Waals surface area contributed by atoms with Crippen molar-refractivity contribution in [3.63, 3.8) is 0 Å². The van der Waals surface area contributed by atoms with Gasteiger partial charge in [0.2, 0.25) is 0 Å². The zero-order chi connectivity index (χ0) is 39.3. The van der Waals surface area contributed by atoms with Gasteiger partial charge in [-0.05, 0) is 90.9 Å². The summed E-state index contributed by atoms with van der Waals surface area (Å²) in [7, 11) is 0. The Balaban J connectivity index is 1.55. The maximum Gasteiger partial charge on any atom is 0.145 e. The number of benzene rings is 7. The van der Waals surface area contributed by atoms with Crippen LogP contribution in [-0.2, 0) is 0 Å². The third kappa shape index (κ3) is 2.99. The van der Waals surface area contributed by atoms with Crippen LogP contribution in [0.2, 0.25) is 0 Å². The summed E-state index contributed by atoms with van der Waals surface area (Å²) in [4.78, 5) is 0. The number of rotatable bonds is 2. The molecule has 2 heterocycles. The molecule has 0 bridgehead atoms. The molecule has 0 radical (unpaired) electrons. The van der Waals surface area contributed by atoms with Crippen LogP contribution in [0.15, 0.2) is 142 Å². The predicted octanol–water partition coefficient (Wildman–Crippen LogP) is 11.1. The number of furan rings is 2. The van der Waals surface area contributed by atoms with Gasteiger partial charge in [-0.1, -0.05) is 90.7 Å². The maximum absolute atomic E-state index is 9.36. The van der Waals surface area contributed by atoms with Crippen molar-refractivity contribution in [3.05, 3.63) is 133 Å². The molecule has 0 spiro atoms. The minimum Gasteiger partial charge on any atom is -0.464 e. The fourth-order valence-electron chi connectivity index (χ4n) is 5.51. The Morgan fingerprint density at radius 1 is 0.500 bits per heavy atom. The molecule has 0 N–H and O–H groups in total. The van der Waals surface area contributed by atoms with Gasteiger partial charge in [0.1, 0.15) is 16.7 Å². The van der Waals surface area contributed by atoms with Gasteiger partial charge in [0.15, 0.2) is 0 Å². The topological polar surface area (TPSA) is 26.3 Å². The van der Waals surface area contributed by atoms with Crippen LogP contribution in [0, 0.1) is 0 Å². The largest absolute Gasteiger partial charge is 0.464 e. The highest BCUT2D eigenvalue weighted by atomic mass is 16.3. The molecule has 0 saturated heterocycles. The SMILES string of the molecule is [2H]c1c([2H])c([2H])c2c([2H])c(-c3c4c([2H])c([2H])c([2H])c([2H])c4c(-c4ccc5c(c4)oc4ccc6ccoc6c45)c4c([2H])c([2H])c([2H])c([2H])c34)c([2H])c([2H])c2c1[2H]. The summed E-state index contributed by atoms with van der Waals surface area (Å²) in [5, 5.41) is 0.273. The monoisotopic (exact) mass is 525 g/mol. The lowest BCUT2D eigenvalue weighted by Gasteiger charge is -2.18. The first-order chi connectivity index (χ1) is 26.1. The zero-order valence-electron chi connectivity index (χ0n) is 35.4. The molecule has 7 aromatic carbocycles. The molecule has 0 saturated carbocycles. The molecular formula is C38H22O2. The fourth-order valence-corrected chi connectivity index (χ4v) is 5.51. The van der Waals surface area contributed by atoms with Crippen molar-refractivity contribution in [1.29, 1.82) is 0 Å². The molecule has 0 amide bonds. The lowest BCUT2D eigenvalue weighted by molar-refractivity contribution is 0.618. The molecule has 0 unspecified atom stereocenters. The Morgan fingerprint density at radius 3 is 1.93 bits per heavy atom. The third-order valence-electron chi connectivity index (χ3n) is 7.22. The van der Waals surface area contributed by atoms with Gasteiger partial charge in [-0.3, -0.25) is 0 Å². The van der Waals surface area contributed by atoms with E-state index in [9.17, 15) is 8.22 Å². The normalized spacial score (nSPS) is 17.2. The van der Waals surface area contributed by atoms with Crippen LogP contribution in [0.1, 0.15) is 20.6 Å². The standard InChI is InChI=1S/C38H22O2/c1-2-8-25-21-26(14-13-23(25)7-1)35-28-9-3-5-11-30(28)36(31-12-6-4-10-29(31)35)27-15-17-32-34(22-27)40-33-18-16-24-19-20-39-38(24)37(32)33/h1-22H/i1D,2D,3D,4D,5D,6D,7D,8D,9D,10D,11D,12D,13D,14D,21D. The molecule has 0 aliphatic heterocycles. The lowest BCUT2D eigenvalue weighted by atomic mass is 9.85. The Morgan fingerprint density at radius 2 is 1.18 bits per heavy atom. The second kappa shape index (κ2) is 8.08. The molecule has 2 nitrogen and oxygen atoms in total. The van der Waals surface area contributed by atoms with E-state index >= 15 is 0 Å². The van der Waals surface area contributed by atoms with E-state index in [1.54, 1.807) is 36.6 Å². The van der Waals surface area contributed by atoms with Crippen LogP contribution in [0.25, 0.3) is 87.5 Å². The molecule has 9 aromatic rings. The number of fused-ring (bicyclic) bond motifs is 8. The van der Waals surface area contributed by atoms with Crippen molar-refractivity contribution in [3.8, 4) is 22.3 Å². The molecule has 2 aromatic heterocycles. The van der Waals surface area contributed by atoms with E-state index in [1.165, 1.54) is 0 Å². The zero-order valence-corrected chi connectivity index (χ0v) is 20.4. The van der Waals surface area contributed by atoms with E-state index in [0.717, 1.165) is 5.39 Å². The molecule has 0 atom stereocenters. The van der Waals surface area contributed by atoms with Crippen LogP contribution in [0.4, 0.5) is 0 Å². The van der Waals surface area contributed by atoms with Crippen molar-refractivity contribution in [1.82, 2.24) is 0 Å². The summed E-state index contributed by atoms with van der Waals surface area (Å²) in [5.74, 6) is 0. The van der Waals surface area contributed by atoms with Gasteiger partial charge in [-0.15, -0.1) is 0 Å². The van der Waals surface area contributed by atoms with Crippen molar-refractivity contribution in [2.24, 2.45) is 0 Å². The van der Waals surface area contributed by atoms with E-state index in [0.29, 0.717) is 27.5 Å². The first kappa shape index (κ1) is 11.8. The Labute approximate surface area is 250 Å². The highest BCUT2D eigenvalue weighted by molar-refractivity contribution is 6.23. The van der Waals surface area contributed by atoms with Crippen LogP contribution >= 0.6 is 0 Å². The van der Waals surface area contributed by atoms with Gasteiger partial charge in [0, 0.05) is 10.8 Å². The highest BCUT2D eigenvalue weighted by Crippen LogP contribution is 2.45. The smallest absolute Gasteiger partial charge is 0.145 e. The van der Waals surface area contributed by atoms with Crippen molar-refractivity contribution in [2.75, 3.05) is 0 Å². The van der Waals surface area contributed by atoms with Crippen LogP contribution in [0.5, 0.6) is 0 Å². The lowest BCUT2D eigenvalue weighted by Crippen LogP contribution is -1.91. The molecular weight excluding hydrogens is 488 g/mol. The summed E-state index contributed by atoms with van der Waals surface area (Å²) in [5.41, 5.74) is 0.779. The van der Waals surface area contributed by atoms with E-state index in [1.807, 2.05) is 6.07 Å². The van der Waals surface area contributed by atoms with Crippen molar-refractivity contribution < 1.29 is 29.4 Å². The Hall–Kier alpha value is -5.34. The van der Waals surface area contributed by atoms with Gasteiger partial charge >= 0.3 is 0 Å². The van der Waals surface area contributed by atoms with E-state index < -0.39 is 107 Å². The fraction of sp³-hybridized carbons (Fsp3) is 0. The molecule has 40 heavy (non-hydrogen) atoms. The first-order valence-corrected chi connectivity index (χ1v) is 12.4. The molecule has 0 aliphatic carbocycles. The van der Waals surface area contributed by atoms with E-state index in [4.69, 9.17) is 21.2 Å². The van der Waals surface area contributed by atoms with Gasteiger partial charge in [-0.25, -0.2) is 0 Å². The third-order valence-corrected chi connectivity index (χ3v) is 7.22. The summed E-state index contributed by atoms with van der Waals surface area (Å²) < 4.78 is 145. The molecule has 0 fully saturated rings. The minimum atomic E-state index is -0.745. The van der Waals surface area contributed by atoms with Crippen molar-refractivity contribution in [2.45, 2.75) is 0 Å². The van der Waals surface area contributed by atoms with E-state index in [-0.39, 0.29) is 38.2 Å². The maximum atomic E-state index is 9.36. The summed E-state index contributed by atoms with van der Waals surface area (Å²) >= 11 is 0. The Kier molecular flexibility index (Phi) is 2.39. The van der Waals surface area contributed by atoms with E-state index in [2.05, 4.69) is 0 Å². The average molecular weight is 526 g/mol. The van der Waals surface area contributed by atoms with Gasteiger partial charge in [0.05, 0.1) is 32.2 Å². The molecule has 186 valence electrons. The van der Waals surface area contributed by atoms with Crippen LogP contribution < -0.4 is 0 Å². The van der Waals surface area contributed by atoms with Crippen LogP contribution in [-0.4, -0.2) is 0 Å². The first-order valence-electron chi connectivity index (χ1n) is 19.9. The van der Waals surface area contributed by atoms with Gasteiger partial charge in [0.25, 0.3) is 0 Å².